The number of nitrogens with one attached hydrogen (secondary N) is 1. The minimum absolute atomic E-state index is 0.0870. The summed E-state index contributed by atoms with van der Waals surface area (Å²) in [5, 5.41) is 13.2. The molecule has 1 atom stereocenters. The van der Waals surface area contributed by atoms with E-state index in [1.807, 2.05) is 0 Å². The van der Waals surface area contributed by atoms with Gasteiger partial charge in [0.25, 0.3) is 0 Å². The Morgan fingerprint density at radius 2 is 2.29 bits per heavy atom. The normalized spacial score (nSPS) is 27.4. The van der Waals surface area contributed by atoms with Crippen LogP contribution in [0.1, 0.15) is 25.7 Å². The lowest BCUT2D eigenvalue weighted by atomic mass is 9.89. The van der Waals surface area contributed by atoms with Gasteiger partial charge in [-0.25, -0.2) is 0 Å². The Hall–Kier alpha value is -0.610. The number of hydrogen-bond donors (Lipinski definition) is 2. The summed E-state index contributed by atoms with van der Waals surface area (Å²) in [4.78, 5) is 12.9. The van der Waals surface area contributed by atoms with Gasteiger partial charge < -0.3 is 15.3 Å². The number of nitrogens with zero attached hydrogens (tertiary/aromatic N) is 1. The first kappa shape index (κ1) is 11.5. The van der Waals surface area contributed by atoms with Crippen molar-refractivity contribution >= 4 is 5.91 Å². The van der Waals surface area contributed by atoms with Crippen LogP contribution < -0.4 is 5.32 Å². The van der Waals surface area contributed by atoms with E-state index in [0.29, 0.717) is 19.4 Å². The van der Waals surface area contributed by atoms with Crippen molar-refractivity contribution < 1.29 is 9.90 Å². The fourth-order valence-corrected chi connectivity index (χ4v) is 1.73. The molecule has 1 saturated heterocycles. The van der Waals surface area contributed by atoms with Gasteiger partial charge in [0.15, 0.2) is 0 Å². The minimum Gasteiger partial charge on any atom is -0.389 e. The van der Waals surface area contributed by atoms with Crippen LogP contribution in [0.15, 0.2) is 0 Å². The molecule has 0 aliphatic carbocycles. The van der Waals surface area contributed by atoms with Gasteiger partial charge in [0.2, 0.25) is 5.91 Å². The topological polar surface area (TPSA) is 52.6 Å². The number of β-amino-alcohol motifs (C(OH)–C–C–N with tert-alkyl or cyclic N) is 1. The first-order valence-corrected chi connectivity index (χ1v) is 5.17. The summed E-state index contributed by atoms with van der Waals surface area (Å²) >= 11 is 0. The summed E-state index contributed by atoms with van der Waals surface area (Å²) < 4.78 is 0. The molecule has 0 aromatic carbocycles. The Morgan fingerprint density at radius 1 is 1.57 bits per heavy atom. The molecular formula is C10H20N2O2. The van der Waals surface area contributed by atoms with Crippen LogP contribution >= 0.6 is 0 Å². The number of amides is 1. The number of rotatable bonds is 3. The number of carbonyl (C=O) groups excluding carboxylic acids is 1. The molecule has 1 aliphatic heterocycles. The highest BCUT2D eigenvalue weighted by Gasteiger charge is 2.29. The maximum atomic E-state index is 11.3. The minimum atomic E-state index is -0.663. The maximum absolute atomic E-state index is 11.3. The number of aliphatic hydroxyl groups is 1. The largest absolute Gasteiger partial charge is 0.389 e. The molecule has 4 nitrogen and oxygen atoms in total. The second-order valence-corrected chi connectivity index (χ2v) is 4.29. The Labute approximate surface area is 85.3 Å². The number of hydrogen-bond acceptors (Lipinski definition) is 3. The summed E-state index contributed by atoms with van der Waals surface area (Å²) in [6.45, 7) is 1.59. The molecule has 0 aromatic heterocycles. The second kappa shape index (κ2) is 4.75. The van der Waals surface area contributed by atoms with Crippen molar-refractivity contribution in [3.05, 3.63) is 0 Å². The third kappa shape index (κ3) is 3.27. The van der Waals surface area contributed by atoms with Gasteiger partial charge in [-0.05, 0) is 25.8 Å². The van der Waals surface area contributed by atoms with Crippen molar-refractivity contribution in [3.8, 4) is 0 Å². The molecule has 2 N–H and O–H groups in total. The quantitative estimate of drug-likeness (QED) is 0.672. The molecule has 14 heavy (non-hydrogen) atoms. The first-order chi connectivity index (χ1) is 6.53. The zero-order valence-electron chi connectivity index (χ0n) is 9.05. The highest BCUT2D eigenvalue weighted by atomic mass is 16.3. The van der Waals surface area contributed by atoms with E-state index in [1.54, 1.807) is 19.0 Å². The van der Waals surface area contributed by atoms with Crippen LogP contribution in [0.25, 0.3) is 0 Å². The van der Waals surface area contributed by atoms with Gasteiger partial charge in [0.1, 0.15) is 0 Å². The van der Waals surface area contributed by atoms with Gasteiger partial charge in [0, 0.05) is 27.1 Å². The van der Waals surface area contributed by atoms with E-state index >= 15 is 0 Å². The maximum Gasteiger partial charge on any atom is 0.222 e. The monoisotopic (exact) mass is 200 g/mol. The Balaban J connectivity index is 2.32. The van der Waals surface area contributed by atoms with E-state index in [0.717, 1.165) is 19.4 Å². The van der Waals surface area contributed by atoms with Crippen molar-refractivity contribution in [2.24, 2.45) is 0 Å². The van der Waals surface area contributed by atoms with Crippen molar-refractivity contribution in [1.82, 2.24) is 10.2 Å². The summed E-state index contributed by atoms with van der Waals surface area (Å²) in [5.74, 6) is 0.0870. The molecule has 4 heteroatoms. The molecule has 1 aliphatic rings. The lowest BCUT2D eigenvalue weighted by Crippen LogP contribution is -2.46. The zero-order valence-corrected chi connectivity index (χ0v) is 9.05. The zero-order chi connectivity index (χ0) is 10.6. The second-order valence-electron chi connectivity index (χ2n) is 4.29. The van der Waals surface area contributed by atoms with Gasteiger partial charge in [-0.3, -0.25) is 4.79 Å². The molecular weight excluding hydrogens is 180 g/mol. The SMILES string of the molecule is CN(C)C(=O)CCC1(O)CCCNC1. The number of carbonyl (C=O) groups is 1. The highest BCUT2D eigenvalue weighted by molar-refractivity contribution is 5.75. The van der Waals surface area contributed by atoms with Crippen molar-refractivity contribution in [1.29, 1.82) is 0 Å². The summed E-state index contributed by atoms with van der Waals surface area (Å²) in [7, 11) is 3.48. The molecule has 0 spiro atoms. The van der Waals surface area contributed by atoms with E-state index < -0.39 is 5.60 Å². The molecule has 1 unspecified atom stereocenters. The molecule has 0 saturated carbocycles. The third-order valence-electron chi connectivity index (χ3n) is 2.75. The Bertz CT molecular complexity index is 198. The van der Waals surface area contributed by atoms with Gasteiger partial charge >= 0.3 is 0 Å². The van der Waals surface area contributed by atoms with E-state index in [4.69, 9.17) is 0 Å². The molecule has 82 valence electrons. The van der Waals surface area contributed by atoms with Crippen LogP contribution in [0.5, 0.6) is 0 Å². The summed E-state index contributed by atoms with van der Waals surface area (Å²) in [5.41, 5.74) is -0.663. The van der Waals surface area contributed by atoms with Crippen LogP contribution in [0.3, 0.4) is 0 Å². The fourth-order valence-electron chi connectivity index (χ4n) is 1.73. The summed E-state index contributed by atoms with van der Waals surface area (Å²) in [6, 6.07) is 0. The Kier molecular flexibility index (Phi) is 3.89. The average Bonchev–Trinajstić information content (AvgIpc) is 2.15. The number of piperidine rings is 1. The van der Waals surface area contributed by atoms with E-state index in [1.165, 1.54) is 0 Å². The standard InChI is InChI=1S/C10H20N2O2/c1-12(2)9(13)4-6-10(14)5-3-7-11-8-10/h11,14H,3-8H2,1-2H3. The van der Waals surface area contributed by atoms with E-state index in [-0.39, 0.29) is 5.91 Å². The molecule has 0 bridgehead atoms. The predicted octanol–water partition coefficient (Wildman–Crippen LogP) is -0.0307. The van der Waals surface area contributed by atoms with Gasteiger partial charge in [-0.15, -0.1) is 0 Å². The molecule has 1 fully saturated rings. The van der Waals surface area contributed by atoms with Gasteiger partial charge in [0.05, 0.1) is 5.60 Å². The predicted molar refractivity (Wildman–Crippen MR) is 55.0 cm³/mol. The smallest absolute Gasteiger partial charge is 0.222 e. The third-order valence-corrected chi connectivity index (χ3v) is 2.75. The van der Waals surface area contributed by atoms with Gasteiger partial charge in [-0.1, -0.05) is 0 Å². The van der Waals surface area contributed by atoms with Gasteiger partial charge in [-0.2, -0.15) is 0 Å². The van der Waals surface area contributed by atoms with Crippen molar-refractivity contribution in [2.45, 2.75) is 31.3 Å². The molecule has 0 radical (unpaired) electrons. The van der Waals surface area contributed by atoms with Crippen molar-refractivity contribution in [3.63, 3.8) is 0 Å². The van der Waals surface area contributed by atoms with Crippen LogP contribution in [0.4, 0.5) is 0 Å². The lowest BCUT2D eigenvalue weighted by Gasteiger charge is -2.32. The van der Waals surface area contributed by atoms with Crippen LogP contribution in [-0.4, -0.2) is 48.7 Å². The van der Waals surface area contributed by atoms with E-state index in [2.05, 4.69) is 5.32 Å². The van der Waals surface area contributed by atoms with Crippen LogP contribution in [0.2, 0.25) is 0 Å². The first-order valence-electron chi connectivity index (χ1n) is 5.17. The Morgan fingerprint density at radius 3 is 2.79 bits per heavy atom. The molecule has 1 heterocycles. The lowest BCUT2D eigenvalue weighted by molar-refractivity contribution is -0.130. The fraction of sp³-hybridized carbons (Fsp3) is 0.900. The summed E-state index contributed by atoms with van der Waals surface area (Å²) in [6.07, 6.45) is 2.80. The average molecular weight is 200 g/mol. The van der Waals surface area contributed by atoms with Crippen molar-refractivity contribution in [2.75, 3.05) is 27.2 Å². The molecule has 1 rings (SSSR count). The van der Waals surface area contributed by atoms with Crippen LogP contribution in [0, 0.1) is 0 Å². The van der Waals surface area contributed by atoms with Crippen LogP contribution in [-0.2, 0) is 4.79 Å². The molecule has 1 amide bonds. The molecule has 0 aromatic rings. The van der Waals surface area contributed by atoms with E-state index in [9.17, 15) is 9.90 Å². The highest BCUT2D eigenvalue weighted by Crippen LogP contribution is 2.21.